The van der Waals surface area contributed by atoms with Crippen molar-refractivity contribution in [1.82, 2.24) is 36.0 Å². The van der Waals surface area contributed by atoms with E-state index in [4.69, 9.17) is 21.3 Å². The lowest BCUT2D eigenvalue weighted by atomic mass is 9.74. The number of nitrogens with zero attached hydrogens (tertiary/aromatic N) is 4. The maximum atomic E-state index is 15.5. The van der Waals surface area contributed by atoms with Crippen molar-refractivity contribution in [1.29, 1.82) is 0 Å². The van der Waals surface area contributed by atoms with Crippen molar-refractivity contribution < 1.29 is 51.4 Å². The maximum absolute atomic E-state index is 15.5. The topological polar surface area (TPSA) is 206 Å². The number of benzene rings is 4. The van der Waals surface area contributed by atoms with E-state index < -0.39 is 76.4 Å². The second-order valence-electron chi connectivity index (χ2n) is 22.4. The van der Waals surface area contributed by atoms with Crippen LogP contribution in [-0.4, -0.2) is 159 Å². The highest BCUT2D eigenvalue weighted by atomic mass is 35.5. The Hall–Kier alpha value is -6.46. The molecule has 5 aliphatic heterocycles. The Morgan fingerprint density at radius 2 is 1.61 bits per heavy atom. The van der Waals surface area contributed by atoms with E-state index in [0.717, 1.165) is 35.9 Å². The highest BCUT2D eigenvalue weighted by Crippen LogP contribution is 2.45. The first-order valence-electron chi connectivity index (χ1n) is 28.3. The van der Waals surface area contributed by atoms with Crippen LogP contribution in [-0.2, 0) is 56.6 Å². The van der Waals surface area contributed by atoms with Gasteiger partial charge in [-0.1, -0.05) is 36.4 Å². The number of fused-ring (bicyclic) bond motifs is 2. The number of rotatable bonds is 20. The van der Waals surface area contributed by atoms with Gasteiger partial charge in [-0.2, -0.15) is 0 Å². The molecule has 0 spiro atoms. The first-order chi connectivity index (χ1) is 39.4. The Labute approximate surface area is 481 Å². The minimum absolute atomic E-state index is 0.00613. The van der Waals surface area contributed by atoms with Crippen molar-refractivity contribution in [3.05, 3.63) is 124 Å². The van der Waals surface area contributed by atoms with Crippen LogP contribution in [0.25, 0.3) is 0 Å². The first kappa shape index (κ1) is 60.1. The number of piperazine rings is 1. The normalized spacial score (nSPS) is 23.3. The fourth-order valence-corrected chi connectivity index (χ4v) is 12.4. The second kappa shape index (κ2) is 26.4. The summed E-state index contributed by atoms with van der Waals surface area (Å²) in [5.74, 6) is -6.00. The van der Waals surface area contributed by atoms with E-state index in [1.165, 1.54) is 27.5 Å². The van der Waals surface area contributed by atoms with Gasteiger partial charge in [-0.3, -0.25) is 43.0 Å². The summed E-state index contributed by atoms with van der Waals surface area (Å²) in [5, 5.41) is 17.6. The predicted molar refractivity (Wildman–Crippen MR) is 304 cm³/mol. The molecule has 5 heterocycles. The number of hydrogen-bond acceptors (Lipinski definition) is 13. The quantitative estimate of drug-likeness (QED) is 0.0377. The van der Waals surface area contributed by atoms with Crippen LogP contribution >= 0.6 is 11.8 Å². The molecule has 4 aromatic rings. The monoisotopic (exact) mass is 1150 g/mol. The van der Waals surface area contributed by atoms with Gasteiger partial charge in [-0.05, 0) is 131 Å². The number of para-hydroxylation sites is 1. The van der Waals surface area contributed by atoms with Gasteiger partial charge < -0.3 is 46.3 Å². The number of anilines is 3. The molecule has 82 heavy (non-hydrogen) atoms. The molecule has 6 N–H and O–H groups in total. The zero-order valence-electron chi connectivity index (χ0n) is 47.0. The molecule has 2 unspecified atom stereocenters. The van der Waals surface area contributed by atoms with Crippen molar-refractivity contribution in [2.75, 3.05) is 87.8 Å². The van der Waals surface area contributed by atoms with Crippen LogP contribution in [0.1, 0.15) is 87.2 Å². The third-order valence-electron chi connectivity index (χ3n) is 16.9. The number of likely N-dealkylation sites (N-methyl/N-ethyl adjacent to an activating group) is 1. The lowest BCUT2D eigenvalue weighted by Gasteiger charge is -2.46. The smallest absolute Gasteiger partial charge is 0.252 e. The van der Waals surface area contributed by atoms with E-state index in [-0.39, 0.29) is 73.8 Å². The molecule has 0 aliphatic carbocycles. The van der Waals surface area contributed by atoms with Gasteiger partial charge in [0, 0.05) is 100 Å². The molecule has 9 rings (SSSR count). The van der Waals surface area contributed by atoms with Crippen LogP contribution in [0.3, 0.4) is 0 Å². The van der Waals surface area contributed by atoms with Crippen LogP contribution in [0, 0.1) is 23.4 Å². The van der Waals surface area contributed by atoms with Crippen LogP contribution in [0.4, 0.5) is 30.2 Å². The minimum atomic E-state index is -1.75. The van der Waals surface area contributed by atoms with Gasteiger partial charge in [0.1, 0.15) is 35.2 Å². The molecule has 3 fully saturated rings. The Bertz CT molecular complexity index is 2990. The number of halogens is 4. The Morgan fingerprint density at radius 3 is 2.33 bits per heavy atom. The largest absolute Gasteiger partial charge is 0.381 e. The first-order valence-corrected chi connectivity index (χ1v) is 28.7. The van der Waals surface area contributed by atoms with Gasteiger partial charge in [-0.15, -0.1) is 0 Å². The number of carbonyl (C=O) groups is 6. The van der Waals surface area contributed by atoms with Crippen molar-refractivity contribution in [2.24, 2.45) is 5.92 Å². The molecule has 5 amide bonds. The van der Waals surface area contributed by atoms with Gasteiger partial charge >= 0.3 is 0 Å². The minimum Gasteiger partial charge on any atom is -0.381 e. The van der Waals surface area contributed by atoms with Gasteiger partial charge in [0.2, 0.25) is 23.6 Å². The number of morpholine rings is 1. The Morgan fingerprint density at radius 1 is 0.878 bits per heavy atom. The predicted octanol–water partition coefficient (Wildman–Crippen LogP) is 5.32. The van der Waals surface area contributed by atoms with Crippen LogP contribution < -0.4 is 36.3 Å². The average Bonchev–Trinajstić information content (AvgIpc) is 4.18. The van der Waals surface area contributed by atoms with Gasteiger partial charge in [0.05, 0.1) is 37.5 Å². The number of ether oxygens (including phenoxy) is 2. The fourth-order valence-electron chi connectivity index (χ4n) is 12.1. The summed E-state index contributed by atoms with van der Waals surface area (Å²) in [5.41, 5.74) is 1.31. The summed E-state index contributed by atoms with van der Waals surface area (Å²) >= 11 is 7.05. The Balaban J connectivity index is 0.924. The third kappa shape index (κ3) is 13.2. The number of amides is 5. The number of hydrogen-bond donors (Lipinski definition) is 6. The summed E-state index contributed by atoms with van der Waals surface area (Å²) in [4.78, 5) is 92.7. The molecule has 440 valence electrons. The van der Waals surface area contributed by atoms with E-state index >= 15 is 18.4 Å². The van der Waals surface area contributed by atoms with Crippen LogP contribution in [0.15, 0.2) is 78.9 Å². The van der Waals surface area contributed by atoms with E-state index in [2.05, 4.69) is 55.5 Å². The van der Waals surface area contributed by atoms with Crippen molar-refractivity contribution in [2.45, 2.75) is 114 Å². The molecule has 18 nitrogen and oxygen atoms in total. The summed E-state index contributed by atoms with van der Waals surface area (Å²) in [7, 11) is 1.61. The van der Waals surface area contributed by atoms with E-state index in [1.54, 1.807) is 44.3 Å². The number of nitrogens with one attached hydrogen (secondary N) is 6. The summed E-state index contributed by atoms with van der Waals surface area (Å²) < 4.78 is 56.6. The van der Waals surface area contributed by atoms with Crippen molar-refractivity contribution in [3.63, 3.8) is 0 Å². The standard InChI is InChI=1S/C60H74ClF3N10O8/c1-35-30-72(45(29-67-35)32-71-22-25-82-33-36(71)2)38(4)55(76)60(34-74(61)50-27-40(13-18-47(50)60)26-39-11-15-43(62)16-12-39)59(80)66-21-7-10-51(75)68-44-17-14-42-31-73(54(46(42)28-44)57(78)70-53-48(63)8-6-9-49(53)64)58(79)52(41-19-23-81-24-20-41)69-56(77)37(3)65-5/h6,8-9,11-18,27-28,35-38,41,45,52,54,65,67H,7,10,19-26,29-34H2,1-5H3,(H,66,80)(H,68,75)(H,69,77)(H,70,78)/t35-,36-,37+,38?,45-,52+,54+,60?/m1/s1. The maximum Gasteiger partial charge on any atom is 0.252 e. The zero-order valence-corrected chi connectivity index (χ0v) is 47.8. The third-order valence-corrected chi connectivity index (χ3v) is 17.2. The molecular formula is C60H74ClF3N10O8. The van der Waals surface area contributed by atoms with E-state index in [1.807, 2.05) is 19.1 Å². The average molecular weight is 1160 g/mol. The molecule has 8 atom stereocenters. The molecule has 0 aromatic heterocycles. The molecule has 5 aliphatic rings. The van der Waals surface area contributed by atoms with E-state index in [9.17, 15) is 23.6 Å². The molecule has 0 saturated carbocycles. The molecule has 22 heteroatoms. The molecular weight excluding hydrogens is 1080 g/mol. The van der Waals surface area contributed by atoms with Crippen LogP contribution in [0.5, 0.6) is 0 Å². The fraction of sp³-hybridized carbons (Fsp3) is 0.500. The molecule has 4 aromatic carbocycles. The number of Topliss-reactive ketones (excluding diaryl/α,β-unsaturated/α-hetero) is 1. The Kier molecular flexibility index (Phi) is 19.4. The summed E-state index contributed by atoms with van der Waals surface area (Å²) in [6, 6.07) is 16.0. The second-order valence-corrected chi connectivity index (χ2v) is 22.8. The highest BCUT2D eigenvalue weighted by molar-refractivity contribution is 6.29. The van der Waals surface area contributed by atoms with Crippen molar-refractivity contribution in [3.8, 4) is 0 Å². The summed E-state index contributed by atoms with van der Waals surface area (Å²) in [6.07, 6.45) is 1.43. The van der Waals surface area contributed by atoms with Gasteiger partial charge in [0.15, 0.2) is 11.2 Å². The number of ketones is 1. The molecule has 3 saturated heterocycles. The molecule has 0 bridgehead atoms. The molecule has 0 radical (unpaired) electrons. The van der Waals surface area contributed by atoms with Gasteiger partial charge in [-0.25, -0.2) is 13.2 Å². The lowest BCUT2D eigenvalue weighted by molar-refractivity contribution is -0.144. The SMILES string of the molecule is CN[C@@H](C)C(=O)N[C@H](C(=O)N1Cc2ccc(NC(=O)CCCNC(=O)C3(C(=O)C(C)N4C[C@@H](C)NC[C@@H]4CN4CCOC[C@H]4C)CN(Cl)c4cc(Cc5ccc(F)cc5)ccc43)cc2[C@H]1C(=O)Nc1c(F)cccc1F)C1CCOCC1. The summed E-state index contributed by atoms with van der Waals surface area (Å²) in [6.45, 7) is 12.1. The highest BCUT2D eigenvalue weighted by Gasteiger charge is 2.57. The lowest BCUT2D eigenvalue weighted by Crippen LogP contribution is -2.66. The van der Waals surface area contributed by atoms with Crippen molar-refractivity contribution >= 4 is 64.2 Å². The van der Waals surface area contributed by atoms with E-state index in [0.29, 0.717) is 87.7 Å². The van der Waals surface area contributed by atoms with Crippen LogP contribution in [0.2, 0.25) is 0 Å². The zero-order chi connectivity index (χ0) is 58.4. The van der Waals surface area contributed by atoms with Gasteiger partial charge in [0.25, 0.3) is 5.91 Å². The number of carbonyl (C=O) groups excluding carboxylic acids is 6.